The van der Waals surface area contributed by atoms with Gasteiger partial charge in [-0.15, -0.1) is 0 Å². The van der Waals surface area contributed by atoms with Gasteiger partial charge >= 0.3 is 5.97 Å². The second-order valence-corrected chi connectivity index (χ2v) is 4.47. The van der Waals surface area contributed by atoms with Crippen LogP contribution in [-0.2, 0) is 4.79 Å². The van der Waals surface area contributed by atoms with E-state index in [4.69, 9.17) is 9.47 Å². The number of phenols is 1. The van der Waals surface area contributed by atoms with Crippen LogP contribution >= 0.6 is 0 Å². The molecule has 2 N–H and O–H groups in total. The van der Waals surface area contributed by atoms with Gasteiger partial charge in [0.1, 0.15) is 29.8 Å². The first kappa shape index (κ1) is 14.7. The first-order valence-electron chi connectivity index (χ1n) is 6.38. The third kappa shape index (κ3) is 3.89. The van der Waals surface area contributed by atoms with E-state index in [-0.39, 0.29) is 12.4 Å². The number of carboxylic acid groups (broad SMARTS) is 1. The highest BCUT2D eigenvalue weighted by molar-refractivity contribution is 5.76. The van der Waals surface area contributed by atoms with Crippen LogP contribution < -0.4 is 9.47 Å². The molecule has 5 nitrogen and oxygen atoms in total. The minimum absolute atomic E-state index is 0.00667. The Morgan fingerprint density at radius 3 is 2.48 bits per heavy atom. The van der Waals surface area contributed by atoms with Crippen LogP contribution in [0.2, 0.25) is 0 Å². The van der Waals surface area contributed by atoms with E-state index >= 15 is 0 Å². The molecule has 1 unspecified atom stereocenters. The number of benzene rings is 2. The number of carbonyl (C=O) groups is 1. The van der Waals surface area contributed by atoms with E-state index in [0.717, 1.165) is 0 Å². The van der Waals surface area contributed by atoms with Crippen molar-refractivity contribution in [3.8, 4) is 17.2 Å². The minimum Gasteiger partial charge on any atom is -0.508 e. The lowest BCUT2D eigenvalue weighted by atomic mass is 10.00. The van der Waals surface area contributed by atoms with Crippen LogP contribution in [0.4, 0.5) is 0 Å². The van der Waals surface area contributed by atoms with Gasteiger partial charge in [0, 0.05) is 0 Å². The molecule has 110 valence electrons. The summed E-state index contributed by atoms with van der Waals surface area (Å²) in [6, 6.07) is 13.0. The molecular formula is C16H16O5. The van der Waals surface area contributed by atoms with Crippen LogP contribution in [0.3, 0.4) is 0 Å². The van der Waals surface area contributed by atoms with Crippen LogP contribution in [-0.4, -0.2) is 29.9 Å². The second-order valence-electron chi connectivity index (χ2n) is 4.47. The molecule has 0 amide bonds. The van der Waals surface area contributed by atoms with Crippen LogP contribution in [0.5, 0.6) is 17.2 Å². The maximum atomic E-state index is 11.4. The first-order valence-corrected chi connectivity index (χ1v) is 6.38. The highest BCUT2D eigenvalue weighted by Crippen LogP contribution is 2.23. The summed E-state index contributed by atoms with van der Waals surface area (Å²) in [7, 11) is 1.53. The van der Waals surface area contributed by atoms with E-state index in [0.29, 0.717) is 17.1 Å². The summed E-state index contributed by atoms with van der Waals surface area (Å²) in [5, 5.41) is 18.5. The van der Waals surface area contributed by atoms with Crippen LogP contribution in [0.15, 0.2) is 48.5 Å². The molecule has 5 heteroatoms. The molecule has 0 heterocycles. The molecule has 1 atom stereocenters. The molecule has 2 aromatic carbocycles. The lowest BCUT2D eigenvalue weighted by Crippen LogP contribution is -2.19. The fourth-order valence-corrected chi connectivity index (χ4v) is 1.89. The molecule has 2 rings (SSSR count). The SMILES string of the molecule is COc1cccc(C(COc2ccc(O)cc2)C(=O)O)c1. The highest BCUT2D eigenvalue weighted by atomic mass is 16.5. The number of carboxylic acids is 1. The molecule has 0 radical (unpaired) electrons. The van der Waals surface area contributed by atoms with Crippen molar-refractivity contribution in [1.29, 1.82) is 0 Å². The fraction of sp³-hybridized carbons (Fsp3) is 0.188. The minimum atomic E-state index is -0.970. The topological polar surface area (TPSA) is 76.0 Å². The fourth-order valence-electron chi connectivity index (χ4n) is 1.89. The van der Waals surface area contributed by atoms with Gasteiger partial charge in [-0.3, -0.25) is 4.79 Å². The number of rotatable bonds is 6. The van der Waals surface area contributed by atoms with Crippen LogP contribution in [0.25, 0.3) is 0 Å². The van der Waals surface area contributed by atoms with E-state index in [1.807, 2.05) is 0 Å². The number of hydrogen-bond donors (Lipinski definition) is 2. The summed E-state index contributed by atoms with van der Waals surface area (Å²) in [4.78, 5) is 11.4. The highest BCUT2D eigenvalue weighted by Gasteiger charge is 2.21. The van der Waals surface area contributed by atoms with Crippen molar-refractivity contribution in [3.05, 3.63) is 54.1 Å². The molecule has 0 aliphatic rings. The molecule has 21 heavy (non-hydrogen) atoms. The summed E-state index contributed by atoms with van der Waals surface area (Å²) in [6.07, 6.45) is 0. The molecule has 0 saturated carbocycles. The zero-order chi connectivity index (χ0) is 15.2. The molecule has 0 aliphatic carbocycles. The predicted octanol–water partition coefficient (Wildman–Crippen LogP) is 2.65. The monoisotopic (exact) mass is 288 g/mol. The molecule has 0 bridgehead atoms. The van der Waals surface area contributed by atoms with Crippen molar-refractivity contribution in [2.24, 2.45) is 0 Å². The third-order valence-corrected chi connectivity index (χ3v) is 3.05. The molecule has 0 spiro atoms. The van der Waals surface area contributed by atoms with Crippen LogP contribution in [0.1, 0.15) is 11.5 Å². The van der Waals surface area contributed by atoms with Gasteiger partial charge in [-0.05, 0) is 42.0 Å². The summed E-state index contributed by atoms with van der Waals surface area (Å²) in [5.74, 6) is -0.536. The summed E-state index contributed by atoms with van der Waals surface area (Å²) in [5.41, 5.74) is 0.612. The van der Waals surface area contributed by atoms with Crippen molar-refractivity contribution in [3.63, 3.8) is 0 Å². The molecule has 0 saturated heterocycles. The molecule has 2 aromatic rings. The lowest BCUT2D eigenvalue weighted by molar-refractivity contribution is -0.139. The molecular weight excluding hydrogens is 272 g/mol. The number of aromatic hydroxyl groups is 1. The Balaban J connectivity index is 2.12. The Bertz CT molecular complexity index is 606. The Morgan fingerprint density at radius 1 is 1.14 bits per heavy atom. The largest absolute Gasteiger partial charge is 0.508 e. The van der Waals surface area contributed by atoms with E-state index in [1.165, 1.54) is 19.2 Å². The van der Waals surface area contributed by atoms with E-state index < -0.39 is 11.9 Å². The molecule has 0 fully saturated rings. The van der Waals surface area contributed by atoms with Gasteiger partial charge in [-0.25, -0.2) is 0 Å². The number of methoxy groups -OCH3 is 1. The summed E-state index contributed by atoms with van der Waals surface area (Å²) < 4.78 is 10.6. The lowest BCUT2D eigenvalue weighted by Gasteiger charge is -2.15. The van der Waals surface area contributed by atoms with E-state index in [1.54, 1.807) is 36.4 Å². The van der Waals surface area contributed by atoms with Crippen molar-refractivity contribution >= 4 is 5.97 Å². The van der Waals surface area contributed by atoms with Crippen LogP contribution in [0, 0.1) is 0 Å². The quantitative estimate of drug-likeness (QED) is 0.854. The maximum Gasteiger partial charge on any atom is 0.314 e. The maximum absolute atomic E-state index is 11.4. The first-order chi connectivity index (χ1) is 10.1. The zero-order valence-electron chi connectivity index (χ0n) is 11.5. The number of aliphatic carboxylic acids is 1. The van der Waals surface area contributed by atoms with Gasteiger partial charge < -0.3 is 19.7 Å². The number of hydrogen-bond acceptors (Lipinski definition) is 4. The van der Waals surface area contributed by atoms with Gasteiger partial charge in [0.25, 0.3) is 0 Å². The van der Waals surface area contributed by atoms with Gasteiger partial charge in [-0.1, -0.05) is 12.1 Å². The average Bonchev–Trinajstić information content (AvgIpc) is 2.49. The van der Waals surface area contributed by atoms with Gasteiger partial charge in [0.05, 0.1) is 7.11 Å². The standard InChI is InChI=1S/C16H16O5/c1-20-14-4-2-3-11(9-14)15(16(18)19)10-21-13-7-5-12(17)6-8-13/h2-9,15,17H,10H2,1H3,(H,18,19). The summed E-state index contributed by atoms with van der Waals surface area (Å²) in [6.45, 7) is -0.00667. The van der Waals surface area contributed by atoms with Gasteiger partial charge in [0.15, 0.2) is 0 Å². The smallest absolute Gasteiger partial charge is 0.314 e. The number of ether oxygens (including phenoxy) is 2. The van der Waals surface area contributed by atoms with Crippen molar-refractivity contribution in [2.45, 2.75) is 5.92 Å². The Morgan fingerprint density at radius 2 is 1.86 bits per heavy atom. The molecule has 0 aliphatic heterocycles. The van der Waals surface area contributed by atoms with Crippen molar-refractivity contribution in [2.75, 3.05) is 13.7 Å². The Labute approximate surface area is 122 Å². The number of phenolic OH excluding ortho intramolecular Hbond substituents is 1. The van der Waals surface area contributed by atoms with Crippen molar-refractivity contribution < 1.29 is 24.5 Å². The van der Waals surface area contributed by atoms with Gasteiger partial charge in [-0.2, -0.15) is 0 Å². The van der Waals surface area contributed by atoms with E-state index in [2.05, 4.69) is 0 Å². The summed E-state index contributed by atoms with van der Waals surface area (Å²) >= 11 is 0. The van der Waals surface area contributed by atoms with Crippen molar-refractivity contribution in [1.82, 2.24) is 0 Å². The zero-order valence-corrected chi connectivity index (χ0v) is 11.5. The molecule has 0 aromatic heterocycles. The second kappa shape index (κ2) is 6.65. The Kier molecular flexibility index (Phi) is 4.66. The Hall–Kier alpha value is -2.69. The third-order valence-electron chi connectivity index (χ3n) is 3.05. The average molecular weight is 288 g/mol. The van der Waals surface area contributed by atoms with Gasteiger partial charge in [0.2, 0.25) is 0 Å². The normalized spacial score (nSPS) is 11.7. The van der Waals surface area contributed by atoms with E-state index in [9.17, 15) is 15.0 Å². The predicted molar refractivity (Wildman–Crippen MR) is 77.0 cm³/mol.